The van der Waals surface area contributed by atoms with Crippen LogP contribution >= 0.6 is 11.8 Å². The Kier molecular flexibility index (Phi) is 9.21. The first kappa shape index (κ1) is 26.6. The molecule has 0 aromatic heterocycles. The number of carbonyl (C=O) groups is 2. The van der Waals surface area contributed by atoms with Gasteiger partial charge >= 0.3 is 0 Å². The van der Waals surface area contributed by atoms with Gasteiger partial charge in [0.15, 0.2) is 0 Å². The van der Waals surface area contributed by atoms with E-state index in [4.69, 9.17) is 9.47 Å². The molecule has 7 heteroatoms. The molecule has 0 radical (unpaired) electrons. The second-order valence-electron chi connectivity index (χ2n) is 8.24. The third-order valence-corrected chi connectivity index (χ3v) is 6.71. The molecule has 2 N–H and O–H groups in total. The predicted molar refractivity (Wildman–Crippen MR) is 153 cm³/mol. The van der Waals surface area contributed by atoms with Crippen molar-refractivity contribution in [3.8, 4) is 11.5 Å². The van der Waals surface area contributed by atoms with E-state index in [1.54, 1.807) is 74.5 Å². The Morgan fingerprint density at radius 3 is 2.16 bits per heavy atom. The van der Waals surface area contributed by atoms with Crippen molar-refractivity contribution in [3.05, 3.63) is 126 Å². The van der Waals surface area contributed by atoms with Crippen LogP contribution in [0.3, 0.4) is 0 Å². The lowest BCUT2D eigenvalue weighted by molar-refractivity contribution is -0.113. The number of nitrogens with one attached hydrogen (secondary N) is 2. The first-order valence-corrected chi connectivity index (χ1v) is 12.9. The molecule has 4 aromatic carbocycles. The summed E-state index contributed by atoms with van der Waals surface area (Å²) in [5.74, 6) is 1.11. The van der Waals surface area contributed by atoms with Crippen LogP contribution < -0.4 is 20.1 Å². The maximum Gasteiger partial charge on any atom is 0.272 e. The molecule has 0 aliphatic carbocycles. The number of hydrogen-bond donors (Lipinski definition) is 2. The first-order valence-electron chi connectivity index (χ1n) is 11.9. The van der Waals surface area contributed by atoms with Gasteiger partial charge in [0, 0.05) is 27.5 Å². The Morgan fingerprint density at radius 2 is 1.50 bits per heavy atom. The summed E-state index contributed by atoms with van der Waals surface area (Å²) < 4.78 is 10.8. The summed E-state index contributed by atoms with van der Waals surface area (Å²) in [6, 6.07) is 31.8. The van der Waals surface area contributed by atoms with Crippen molar-refractivity contribution in [3.63, 3.8) is 0 Å². The van der Waals surface area contributed by atoms with Crippen molar-refractivity contribution in [1.29, 1.82) is 0 Å². The highest BCUT2D eigenvalue weighted by atomic mass is 32.2. The molecule has 0 atom stereocenters. The van der Waals surface area contributed by atoms with Crippen LogP contribution in [0.1, 0.15) is 21.5 Å². The lowest BCUT2D eigenvalue weighted by Gasteiger charge is -2.13. The summed E-state index contributed by atoms with van der Waals surface area (Å²) in [5.41, 5.74) is 2.93. The van der Waals surface area contributed by atoms with Crippen molar-refractivity contribution < 1.29 is 19.1 Å². The van der Waals surface area contributed by atoms with Crippen LogP contribution in [0.15, 0.2) is 114 Å². The minimum atomic E-state index is -0.469. The van der Waals surface area contributed by atoms with Gasteiger partial charge in [-0.25, -0.2) is 0 Å². The van der Waals surface area contributed by atoms with E-state index in [9.17, 15) is 9.59 Å². The van der Waals surface area contributed by atoms with Crippen LogP contribution in [0.2, 0.25) is 0 Å². The fraction of sp³-hybridized carbons (Fsp3) is 0.0968. The third-order valence-electron chi connectivity index (χ3n) is 5.63. The number of anilines is 1. The van der Waals surface area contributed by atoms with Gasteiger partial charge in [-0.1, -0.05) is 48.5 Å². The van der Waals surface area contributed by atoms with Gasteiger partial charge < -0.3 is 20.1 Å². The maximum absolute atomic E-state index is 13.4. The van der Waals surface area contributed by atoms with Crippen LogP contribution in [0.25, 0.3) is 6.08 Å². The molecule has 0 aliphatic heterocycles. The summed E-state index contributed by atoms with van der Waals surface area (Å²) >= 11 is 1.72. The van der Waals surface area contributed by atoms with E-state index in [1.165, 1.54) is 5.56 Å². The molecule has 0 spiro atoms. The minimum Gasteiger partial charge on any atom is -0.497 e. The summed E-state index contributed by atoms with van der Waals surface area (Å²) in [5, 5.41) is 5.63. The molecule has 4 rings (SSSR count). The Balaban J connectivity index is 1.54. The zero-order valence-corrected chi connectivity index (χ0v) is 22.0. The fourth-order valence-electron chi connectivity index (χ4n) is 3.62. The van der Waals surface area contributed by atoms with Crippen molar-refractivity contribution in [1.82, 2.24) is 5.32 Å². The molecule has 2 amide bonds. The van der Waals surface area contributed by atoms with Crippen LogP contribution in [0.4, 0.5) is 5.69 Å². The molecule has 0 saturated heterocycles. The van der Waals surface area contributed by atoms with Gasteiger partial charge in [0.25, 0.3) is 11.8 Å². The van der Waals surface area contributed by atoms with Crippen LogP contribution in [-0.2, 0) is 10.5 Å². The quantitative estimate of drug-likeness (QED) is 0.185. The number of thioether (sulfide) groups is 1. The van der Waals surface area contributed by atoms with E-state index < -0.39 is 11.8 Å². The lowest BCUT2D eigenvalue weighted by Crippen LogP contribution is -2.30. The van der Waals surface area contributed by atoms with Crippen LogP contribution in [0, 0.1) is 0 Å². The summed E-state index contributed by atoms with van der Waals surface area (Å²) in [7, 11) is 3.10. The van der Waals surface area contributed by atoms with E-state index in [0.29, 0.717) is 28.3 Å². The zero-order valence-electron chi connectivity index (χ0n) is 21.1. The van der Waals surface area contributed by atoms with E-state index >= 15 is 0 Å². The molecular weight excluding hydrogens is 496 g/mol. The SMILES string of the molecule is COc1ccc(OC)c(/C=C(\NC(=O)c2ccccc2)C(=O)Nc2ccc(SCc3ccccc3)cc2)c1. The first-order chi connectivity index (χ1) is 18.6. The Labute approximate surface area is 226 Å². The van der Waals surface area contributed by atoms with Gasteiger partial charge in [0.1, 0.15) is 17.2 Å². The zero-order chi connectivity index (χ0) is 26.7. The number of methoxy groups -OCH3 is 2. The molecule has 4 aromatic rings. The number of benzene rings is 4. The number of rotatable bonds is 10. The normalized spacial score (nSPS) is 10.9. The van der Waals surface area contributed by atoms with E-state index in [2.05, 4.69) is 22.8 Å². The molecule has 38 heavy (non-hydrogen) atoms. The van der Waals surface area contributed by atoms with Crippen molar-refractivity contribution in [2.45, 2.75) is 10.6 Å². The summed E-state index contributed by atoms with van der Waals surface area (Å²) in [4.78, 5) is 27.4. The maximum atomic E-state index is 13.4. The molecule has 0 unspecified atom stereocenters. The molecular formula is C31H28N2O4S. The predicted octanol–water partition coefficient (Wildman–Crippen LogP) is 6.41. The second kappa shape index (κ2) is 13.2. The minimum absolute atomic E-state index is 0.0629. The van der Waals surface area contributed by atoms with E-state index in [1.807, 2.05) is 48.5 Å². The van der Waals surface area contributed by atoms with Gasteiger partial charge in [-0.2, -0.15) is 0 Å². The Hall–Kier alpha value is -4.49. The van der Waals surface area contributed by atoms with Crippen molar-refractivity contribution in [2.75, 3.05) is 19.5 Å². The van der Waals surface area contributed by atoms with Crippen LogP contribution in [-0.4, -0.2) is 26.0 Å². The van der Waals surface area contributed by atoms with Gasteiger partial charge in [-0.05, 0) is 66.2 Å². The molecule has 192 valence electrons. The van der Waals surface area contributed by atoms with Gasteiger partial charge in [0.2, 0.25) is 0 Å². The van der Waals surface area contributed by atoms with Crippen molar-refractivity contribution >= 4 is 35.3 Å². The topological polar surface area (TPSA) is 76.7 Å². The van der Waals surface area contributed by atoms with Gasteiger partial charge in [0.05, 0.1) is 14.2 Å². The number of amides is 2. The van der Waals surface area contributed by atoms with E-state index in [-0.39, 0.29) is 5.70 Å². The molecule has 6 nitrogen and oxygen atoms in total. The molecule has 0 aliphatic rings. The Morgan fingerprint density at radius 1 is 0.816 bits per heavy atom. The number of hydrogen-bond acceptors (Lipinski definition) is 5. The highest BCUT2D eigenvalue weighted by Gasteiger charge is 2.16. The summed E-state index contributed by atoms with van der Waals surface area (Å²) in [6.45, 7) is 0. The number of carbonyl (C=O) groups excluding carboxylic acids is 2. The smallest absolute Gasteiger partial charge is 0.272 e. The van der Waals surface area contributed by atoms with Gasteiger partial charge in [-0.3, -0.25) is 9.59 Å². The largest absolute Gasteiger partial charge is 0.497 e. The standard InChI is InChI=1S/C31H28N2O4S/c1-36-26-15-18-29(37-2)24(19-26)20-28(33-30(34)23-11-7-4-8-12-23)31(35)32-25-13-16-27(17-14-25)38-21-22-9-5-3-6-10-22/h3-20H,21H2,1-2H3,(H,32,35)(H,33,34)/b28-20-. The highest BCUT2D eigenvalue weighted by molar-refractivity contribution is 7.98. The summed E-state index contributed by atoms with van der Waals surface area (Å²) in [6.07, 6.45) is 1.57. The molecule has 0 heterocycles. The van der Waals surface area contributed by atoms with Crippen molar-refractivity contribution in [2.24, 2.45) is 0 Å². The average Bonchev–Trinajstić information content (AvgIpc) is 2.97. The van der Waals surface area contributed by atoms with Crippen LogP contribution in [0.5, 0.6) is 11.5 Å². The van der Waals surface area contributed by atoms with Gasteiger partial charge in [-0.15, -0.1) is 11.8 Å². The Bertz CT molecular complexity index is 1410. The molecule has 0 fully saturated rings. The highest BCUT2D eigenvalue weighted by Crippen LogP contribution is 2.27. The molecule has 0 saturated carbocycles. The number of ether oxygens (including phenoxy) is 2. The van der Waals surface area contributed by atoms with E-state index in [0.717, 1.165) is 10.6 Å². The average molecular weight is 525 g/mol. The third kappa shape index (κ3) is 7.27. The second-order valence-corrected chi connectivity index (χ2v) is 9.29. The monoisotopic (exact) mass is 524 g/mol. The fourth-order valence-corrected chi connectivity index (χ4v) is 4.48. The lowest BCUT2D eigenvalue weighted by atomic mass is 10.1. The molecule has 0 bridgehead atoms.